The van der Waals surface area contributed by atoms with Gasteiger partial charge >= 0.3 is 0 Å². The predicted molar refractivity (Wildman–Crippen MR) is 122 cm³/mol. The highest BCUT2D eigenvalue weighted by Crippen LogP contribution is 2.45. The van der Waals surface area contributed by atoms with Crippen molar-refractivity contribution in [3.05, 3.63) is 102 Å². The van der Waals surface area contributed by atoms with Gasteiger partial charge in [0.15, 0.2) is 5.78 Å². The van der Waals surface area contributed by atoms with Gasteiger partial charge in [-0.15, -0.1) is 0 Å². The predicted octanol–water partition coefficient (Wildman–Crippen LogP) is 4.88. The standard InChI is InChI=1S/C27H26N2O2/c30-24-20-27(29(24)23-14-8-3-9-15-23)16-18-28(19-17-27)25(21-10-4-1-5-11-21)26(31)22-12-6-2-7-13-22/h1-15,25H,16-20H2. The van der Waals surface area contributed by atoms with Gasteiger partial charge < -0.3 is 4.90 Å². The number of carbonyl (C=O) groups excluding carboxylic acids is 2. The minimum atomic E-state index is -0.304. The van der Waals surface area contributed by atoms with Crippen LogP contribution in [0.4, 0.5) is 5.69 Å². The second-order valence-corrected chi connectivity index (χ2v) is 8.55. The number of ketones is 1. The average molecular weight is 411 g/mol. The summed E-state index contributed by atoms with van der Waals surface area (Å²) in [7, 11) is 0. The van der Waals surface area contributed by atoms with Gasteiger partial charge in [0.25, 0.3) is 0 Å². The minimum absolute atomic E-state index is 0.119. The Morgan fingerprint density at radius 2 is 1.32 bits per heavy atom. The van der Waals surface area contributed by atoms with Crippen LogP contribution < -0.4 is 4.90 Å². The summed E-state index contributed by atoms with van der Waals surface area (Å²) in [5.41, 5.74) is 2.62. The van der Waals surface area contributed by atoms with Crippen molar-refractivity contribution in [1.29, 1.82) is 0 Å². The number of piperidine rings is 1. The van der Waals surface area contributed by atoms with Crippen LogP contribution in [0.5, 0.6) is 0 Å². The molecule has 0 aliphatic carbocycles. The summed E-state index contributed by atoms with van der Waals surface area (Å²) in [4.78, 5) is 30.3. The molecule has 1 amide bonds. The monoisotopic (exact) mass is 410 g/mol. The number of hydrogen-bond donors (Lipinski definition) is 0. The van der Waals surface area contributed by atoms with Crippen molar-refractivity contribution in [1.82, 2.24) is 4.90 Å². The summed E-state index contributed by atoms with van der Waals surface area (Å²) < 4.78 is 0. The number of nitrogens with zero attached hydrogens (tertiary/aromatic N) is 2. The molecule has 2 aliphatic rings. The first-order valence-electron chi connectivity index (χ1n) is 10.9. The Kier molecular flexibility index (Phi) is 5.16. The lowest BCUT2D eigenvalue weighted by atomic mass is 9.74. The number of para-hydroxylation sites is 1. The minimum Gasteiger partial charge on any atom is -0.306 e. The molecule has 0 saturated carbocycles. The van der Waals surface area contributed by atoms with Crippen LogP contribution in [0, 0.1) is 0 Å². The number of carbonyl (C=O) groups is 2. The Hall–Kier alpha value is -3.24. The summed E-state index contributed by atoms with van der Waals surface area (Å²) in [6.07, 6.45) is 2.34. The molecule has 3 aromatic carbocycles. The van der Waals surface area contributed by atoms with Crippen molar-refractivity contribution in [3.63, 3.8) is 0 Å². The zero-order valence-corrected chi connectivity index (χ0v) is 17.5. The van der Waals surface area contributed by atoms with Gasteiger partial charge in [-0.3, -0.25) is 14.5 Å². The molecule has 31 heavy (non-hydrogen) atoms. The Morgan fingerprint density at radius 3 is 1.90 bits per heavy atom. The molecule has 156 valence electrons. The number of hydrogen-bond acceptors (Lipinski definition) is 3. The van der Waals surface area contributed by atoms with Crippen molar-refractivity contribution >= 4 is 17.4 Å². The third-order valence-electron chi connectivity index (χ3n) is 6.73. The number of rotatable bonds is 5. The van der Waals surface area contributed by atoms with Gasteiger partial charge in [0, 0.05) is 24.3 Å². The molecular weight excluding hydrogens is 384 g/mol. The summed E-state index contributed by atoms with van der Waals surface area (Å²) in [5.74, 6) is 0.326. The molecule has 4 nitrogen and oxygen atoms in total. The molecule has 2 aliphatic heterocycles. The molecule has 1 atom stereocenters. The fourth-order valence-corrected chi connectivity index (χ4v) is 5.13. The normalized spacial score (nSPS) is 19.1. The maximum Gasteiger partial charge on any atom is 0.229 e. The van der Waals surface area contributed by atoms with E-state index in [-0.39, 0.29) is 23.3 Å². The quantitative estimate of drug-likeness (QED) is 0.445. The molecule has 5 rings (SSSR count). The van der Waals surface area contributed by atoms with Gasteiger partial charge in [-0.1, -0.05) is 78.9 Å². The van der Waals surface area contributed by atoms with Crippen LogP contribution in [0.15, 0.2) is 91.0 Å². The number of Topliss-reactive ketones (excluding diaryl/α,β-unsaturated/α-hetero) is 1. The Balaban J connectivity index is 1.39. The molecule has 0 aromatic heterocycles. The van der Waals surface area contributed by atoms with E-state index in [1.165, 1.54) is 0 Å². The van der Waals surface area contributed by atoms with Gasteiger partial charge in [0.1, 0.15) is 0 Å². The molecule has 0 bridgehead atoms. The Bertz CT molecular complexity index is 1060. The topological polar surface area (TPSA) is 40.6 Å². The van der Waals surface area contributed by atoms with Crippen LogP contribution in [-0.4, -0.2) is 35.2 Å². The lowest BCUT2D eigenvalue weighted by Gasteiger charge is -2.56. The lowest BCUT2D eigenvalue weighted by Crippen LogP contribution is -2.67. The van der Waals surface area contributed by atoms with Crippen molar-refractivity contribution < 1.29 is 9.59 Å². The molecule has 4 heteroatoms. The zero-order chi connectivity index (χ0) is 21.3. The van der Waals surface area contributed by atoms with Crippen molar-refractivity contribution in [2.45, 2.75) is 30.8 Å². The third-order valence-corrected chi connectivity index (χ3v) is 6.73. The van der Waals surface area contributed by atoms with Gasteiger partial charge in [-0.25, -0.2) is 0 Å². The largest absolute Gasteiger partial charge is 0.306 e. The SMILES string of the molecule is O=C(c1ccccc1)C(c1ccccc1)N1CCC2(CC1)CC(=O)N2c1ccccc1. The van der Waals surface area contributed by atoms with Crippen LogP contribution in [0.1, 0.15) is 41.2 Å². The number of benzene rings is 3. The number of anilines is 1. The molecule has 0 radical (unpaired) electrons. The van der Waals surface area contributed by atoms with E-state index in [4.69, 9.17) is 0 Å². The third kappa shape index (κ3) is 3.57. The Labute approximate surface area is 183 Å². The summed E-state index contributed by atoms with van der Waals surface area (Å²) >= 11 is 0. The first kappa shape index (κ1) is 19.7. The number of likely N-dealkylation sites (tertiary alicyclic amines) is 1. The van der Waals surface area contributed by atoms with E-state index in [2.05, 4.69) is 4.90 Å². The van der Waals surface area contributed by atoms with E-state index in [9.17, 15) is 9.59 Å². The van der Waals surface area contributed by atoms with Gasteiger partial charge in [0.05, 0.1) is 18.0 Å². The van der Waals surface area contributed by atoms with E-state index in [1.807, 2.05) is 95.9 Å². The molecule has 2 saturated heterocycles. The first-order valence-corrected chi connectivity index (χ1v) is 10.9. The summed E-state index contributed by atoms with van der Waals surface area (Å²) in [6, 6.07) is 29.3. The van der Waals surface area contributed by atoms with Crippen molar-refractivity contribution in [3.8, 4) is 0 Å². The second-order valence-electron chi connectivity index (χ2n) is 8.55. The molecule has 0 N–H and O–H groups in total. The smallest absolute Gasteiger partial charge is 0.229 e. The maximum atomic E-state index is 13.5. The highest BCUT2D eigenvalue weighted by atomic mass is 16.2. The van der Waals surface area contributed by atoms with Crippen LogP contribution in [-0.2, 0) is 4.79 Å². The van der Waals surface area contributed by atoms with E-state index in [0.717, 1.165) is 42.7 Å². The van der Waals surface area contributed by atoms with E-state index < -0.39 is 0 Å². The van der Waals surface area contributed by atoms with Crippen LogP contribution in [0.25, 0.3) is 0 Å². The number of amides is 1. The molecule has 1 spiro atoms. The van der Waals surface area contributed by atoms with Gasteiger partial charge in [0.2, 0.25) is 5.91 Å². The zero-order valence-electron chi connectivity index (χ0n) is 17.5. The van der Waals surface area contributed by atoms with Gasteiger partial charge in [-0.05, 0) is 30.5 Å². The molecular formula is C27H26N2O2. The van der Waals surface area contributed by atoms with Crippen molar-refractivity contribution in [2.75, 3.05) is 18.0 Å². The average Bonchev–Trinajstić information content (AvgIpc) is 2.82. The molecule has 3 aromatic rings. The summed E-state index contributed by atoms with van der Waals surface area (Å²) in [5, 5.41) is 0. The van der Waals surface area contributed by atoms with Crippen molar-refractivity contribution in [2.24, 2.45) is 0 Å². The lowest BCUT2D eigenvalue weighted by molar-refractivity contribution is -0.129. The van der Waals surface area contributed by atoms with E-state index in [0.29, 0.717) is 6.42 Å². The van der Waals surface area contributed by atoms with Gasteiger partial charge in [-0.2, -0.15) is 0 Å². The Morgan fingerprint density at radius 1 is 0.774 bits per heavy atom. The fourth-order valence-electron chi connectivity index (χ4n) is 5.13. The van der Waals surface area contributed by atoms with E-state index >= 15 is 0 Å². The van der Waals surface area contributed by atoms with Crippen LogP contribution in [0.2, 0.25) is 0 Å². The maximum absolute atomic E-state index is 13.5. The molecule has 2 fully saturated rings. The van der Waals surface area contributed by atoms with Crippen LogP contribution >= 0.6 is 0 Å². The summed E-state index contributed by atoms with van der Waals surface area (Å²) in [6.45, 7) is 1.57. The molecule has 2 heterocycles. The number of β-lactam (4-membered cyclic amide) rings is 1. The van der Waals surface area contributed by atoms with E-state index in [1.54, 1.807) is 0 Å². The fraction of sp³-hybridized carbons (Fsp3) is 0.259. The highest BCUT2D eigenvalue weighted by molar-refractivity contribution is 6.03. The highest BCUT2D eigenvalue weighted by Gasteiger charge is 2.53. The van der Waals surface area contributed by atoms with Crippen LogP contribution in [0.3, 0.4) is 0 Å². The second kappa shape index (κ2) is 8.12. The first-order chi connectivity index (χ1) is 15.2. The molecule has 1 unspecified atom stereocenters.